The number of fused-ring (bicyclic) bond motifs is 3. The Bertz CT molecular complexity index is 1210. The van der Waals surface area contributed by atoms with E-state index in [2.05, 4.69) is 20.8 Å². The van der Waals surface area contributed by atoms with Crippen LogP contribution in [0.15, 0.2) is 21.5 Å². The number of ether oxygens (including phenoxy) is 1. The van der Waals surface area contributed by atoms with Crippen LogP contribution in [0.2, 0.25) is 0 Å². The topological polar surface area (TPSA) is 135 Å². The van der Waals surface area contributed by atoms with Gasteiger partial charge in [0.15, 0.2) is 9.92 Å². The molecule has 2 aliphatic carbocycles. The number of nitrogens with one attached hydrogen (secondary N) is 1. The van der Waals surface area contributed by atoms with Gasteiger partial charge in [0.1, 0.15) is 11.5 Å². The van der Waals surface area contributed by atoms with Crippen molar-refractivity contribution in [2.24, 2.45) is 9.50 Å². The maximum atomic E-state index is 13.2. The number of likely N-dealkylation sites (N-methyl/N-ethyl adjacent to an activating group) is 1. The molecule has 0 saturated carbocycles. The quantitative estimate of drug-likeness (QED) is 0.637. The summed E-state index contributed by atoms with van der Waals surface area (Å²) in [5.74, 6) is 0.289. The van der Waals surface area contributed by atoms with Crippen molar-refractivity contribution in [2.45, 2.75) is 55.7 Å². The molecule has 2 amide bonds. The Kier molecular flexibility index (Phi) is 5.24. The molecule has 0 saturated heterocycles. The first-order chi connectivity index (χ1) is 15.2. The van der Waals surface area contributed by atoms with Gasteiger partial charge in [0, 0.05) is 5.69 Å². The second-order valence-corrected chi connectivity index (χ2v) is 10.6. The van der Waals surface area contributed by atoms with E-state index in [1.165, 1.54) is 6.20 Å². The van der Waals surface area contributed by atoms with Crippen molar-refractivity contribution in [3.8, 4) is 5.88 Å². The number of anilines is 1. The number of nitrogens with zero attached hydrogens (tertiary/aromatic N) is 4. The van der Waals surface area contributed by atoms with Crippen LogP contribution in [0, 0.1) is 0 Å². The van der Waals surface area contributed by atoms with Crippen LogP contribution in [0.1, 0.15) is 41.2 Å². The van der Waals surface area contributed by atoms with Crippen LogP contribution in [0.5, 0.6) is 5.88 Å². The number of aryl methyl sites for hydroxylation is 1. The molecule has 0 radical (unpaired) electrons. The van der Waals surface area contributed by atoms with Crippen LogP contribution in [0.3, 0.4) is 0 Å². The molecule has 2 heterocycles. The summed E-state index contributed by atoms with van der Waals surface area (Å²) in [6.07, 6.45) is 4.90. The van der Waals surface area contributed by atoms with Crippen LogP contribution in [0.25, 0.3) is 0 Å². The lowest BCUT2D eigenvalue weighted by atomic mass is 9.98. The van der Waals surface area contributed by atoms with E-state index in [1.54, 1.807) is 4.68 Å². The number of rotatable bonds is 3. The summed E-state index contributed by atoms with van der Waals surface area (Å²) in [5, 5.41) is 23.4. The van der Waals surface area contributed by atoms with Crippen molar-refractivity contribution < 1.29 is 18.8 Å². The van der Waals surface area contributed by atoms with Crippen LogP contribution < -0.4 is 15.2 Å². The third kappa shape index (κ3) is 3.58. The third-order valence-electron chi connectivity index (χ3n) is 6.62. The van der Waals surface area contributed by atoms with Crippen LogP contribution in [-0.2, 0) is 35.7 Å². The predicted octanol–water partition coefficient (Wildman–Crippen LogP) is 1.61. The van der Waals surface area contributed by atoms with E-state index in [4.69, 9.17) is 9.88 Å². The highest BCUT2D eigenvalue weighted by Gasteiger charge is 2.31. The van der Waals surface area contributed by atoms with E-state index in [0.717, 1.165) is 41.5 Å². The standard InChI is InChI=1S/C21H28N6O4S/c1-26(2)13-10-27-20(31-11-13)18(9-23-27)32(22,30)25-21(29)24-19-14-5-3-4-12(14)8-16-15(19)6-7-17(16)28/h8-9,13,17,28H,3-7,10-11H2,1-2H3,(H3,22,24,25,29,30)/t13?,17-,32?/m1/s1. The highest BCUT2D eigenvalue weighted by atomic mass is 32.2. The lowest BCUT2D eigenvalue weighted by molar-refractivity contribution is 0.117. The van der Waals surface area contributed by atoms with E-state index in [1.807, 2.05) is 19.0 Å². The first kappa shape index (κ1) is 21.4. The summed E-state index contributed by atoms with van der Waals surface area (Å²) < 4.78 is 24.4. The fourth-order valence-electron chi connectivity index (χ4n) is 4.84. The highest BCUT2D eigenvalue weighted by molar-refractivity contribution is 7.91. The molecule has 0 fully saturated rings. The molecule has 3 aliphatic rings. The average Bonchev–Trinajstić information content (AvgIpc) is 3.45. The number of carbonyl (C=O) groups excluding carboxylic acids is 1. The van der Waals surface area contributed by atoms with Gasteiger partial charge in [-0.1, -0.05) is 6.07 Å². The van der Waals surface area contributed by atoms with Crippen molar-refractivity contribution in [1.82, 2.24) is 14.7 Å². The predicted molar refractivity (Wildman–Crippen MR) is 119 cm³/mol. The molecular weight excluding hydrogens is 432 g/mol. The number of aromatic nitrogens is 2. The summed E-state index contributed by atoms with van der Waals surface area (Å²) in [7, 11) is 0.337. The van der Waals surface area contributed by atoms with Crippen LogP contribution in [-0.4, -0.2) is 56.8 Å². The number of benzene rings is 1. The second-order valence-electron chi connectivity index (χ2n) is 8.88. The molecule has 1 aliphatic heterocycles. The molecule has 2 unspecified atom stereocenters. The monoisotopic (exact) mass is 460 g/mol. The van der Waals surface area contributed by atoms with Crippen molar-refractivity contribution in [3.05, 3.63) is 34.5 Å². The van der Waals surface area contributed by atoms with Gasteiger partial charge in [-0.2, -0.15) is 5.10 Å². The molecule has 32 heavy (non-hydrogen) atoms. The zero-order valence-electron chi connectivity index (χ0n) is 18.2. The molecule has 2 aromatic rings. The number of urea groups is 1. The molecule has 4 N–H and O–H groups in total. The Morgan fingerprint density at radius 2 is 2.19 bits per heavy atom. The molecule has 1 aromatic heterocycles. The number of carbonyl (C=O) groups is 1. The molecule has 172 valence electrons. The summed E-state index contributed by atoms with van der Waals surface area (Å²) in [6, 6.07) is 1.41. The van der Waals surface area contributed by atoms with Gasteiger partial charge in [-0.25, -0.2) is 18.8 Å². The average molecular weight is 461 g/mol. The number of hydrogen-bond acceptors (Lipinski definition) is 6. The second kappa shape index (κ2) is 7.84. The number of aliphatic hydroxyl groups is 1. The number of hydrogen-bond donors (Lipinski definition) is 3. The Balaban J connectivity index is 1.45. The molecule has 5 rings (SSSR count). The minimum Gasteiger partial charge on any atom is -0.475 e. The summed E-state index contributed by atoms with van der Waals surface area (Å²) in [5.41, 5.74) is 4.71. The van der Waals surface area contributed by atoms with Gasteiger partial charge in [-0.05, 0) is 68.5 Å². The molecule has 0 bridgehead atoms. The van der Waals surface area contributed by atoms with E-state index in [-0.39, 0.29) is 16.8 Å². The molecule has 11 heteroatoms. The normalized spacial score (nSPS) is 23.2. The van der Waals surface area contributed by atoms with Gasteiger partial charge < -0.3 is 20.1 Å². The smallest absolute Gasteiger partial charge is 0.354 e. The Morgan fingerprint density at radius 3 is 2.97 bits per heavy atom. The maximum Gasteiger partial charge on any atom is 0.354 e. The summed E-state index contributed by atoms with van der Waals surface area (Å²) in [6.45, 7) is 0.965. The number of aliphatic hydroxyl groups excluding tert-OH is 1. The van der Waals surface area contributed by atoms with E-state index in [9.17, 15) is 14.1 Å². The van der Waals surface area contributed by atoms with Gasteiger partial charge in [-0.15, -0.1) is 4.36 Å². The van der Waals surface area contributed by atoms with Gasteiger partial charge in [-0.3, -0.25) is 0 Å². The van der Waals surface area contributed by atoms with Crippen LogP contribution in [0.4, 0.5) is 10.5 Å². The Morgan fingerprint density at radius 1 is 1.38 bits per heavy atom. The largest absolute Gasteiger partial charge is 0.475 e. The minimum atomic E-state index is -3.56. The van der Waals surface area contributed by atoms with Crippen molar-refractivity contribution in [2.75, 3.05) is 26.0 Å². The molecule has 10 nitrogen and oxygen atoms in total. The Hall–Kier alpha value is -2.47. The SMILES string of the molecule is CN(C)C1COc2c(S(N)(=O)=NC(=O)Nc3c4c(cc5c3CC[C@H]5O)CCC4)cnn2C1. The maximum absolute atomic E-state index is 13.2. The van der Waals surface area contributed by atoms with Gasteiger partial charge in [0.25, 0.3) is 0 Å². The lowest BCUT2D eigenvalue weighted by Gasteiger charge is -2.29. The molecule has 1 aromatic carbocycles. The molecule has 3 atom stereocenters. The fourth-order valence-corrected chi connectivity index (χ4v) is 5.85. The van der Waals surface area contributed by atoms with E-state index >= 15 is 0 Å². The third-order valence-corrected chi connectivity index (χ3v) is 7.97. The molecule has 0 spiro atoms. The number of nitrogens with two attached hydrogens (primary N) is 1. The number of amides is 2. The summed E-state index contributed by atoms with van der Waals surface area (Å²) in [4.78, 5) is 15.0. The van der Waals surface area contributed by atoms with Crippen molar-refractivity contribution in [1.29, 1.82) is 0 Å². The first-order valence-electron chi connectivity index (χ1n) is 10.8. The van der Waals surface area contributed by atoms with Crippen molar-refractivity contribution in [3.63, 3.8) is 0 Å². The van der Waals surface area contributed by atoms with Gasteiger partial charge >= 0.3 is 6.03 Å². The van der Waals surface area contributed by atoms with Crippen LogP contribution >= 0.6 is 0 Å². The van der Waals surface area contributed by atoms with E-state index in [0.29, 0.717) is 31.7 Å². The fraction of sp³-hybridized carbons (Fsp3) is 0.524. The van der Waals surface area contributed by atoms with Gasteiger partial charge in [0.05, 0.1) is 24.9 Å². The minimum absolute atomic E-state index is 0.115. The first-order valence-corrected chi connectivity index (χ1v) is 12.4. The zero-order chi connectivity index (χ0) is 22.6. The van der Waals surface area contributed by atoms with E-state index < -0.39 is 22.1 Å². The highest BCUT2D eigenvalue weighted by Crippen LogP contribution is 2.42. The summed E-state index contributed by atoms with van der Waals surface area (Å²) >= 11 is 0. The molecular formula is C21H28N6O4S. The van der Waals surface area contributed by atoms with Crippen molar-refractivity contribution >= 4 is 21.6 Å². The van der Waals surface area contributed by atoms with Gasteiger partial charge in [0.2, 0.25) is 5.88 Å². The zero-order valence-corrected chi connectivity index (χ0v) is 19.0. The Labute approximate surface area is 187 Å². The lowest BCUT2D eigenvalue weighted by Crippen LogP contribution is -2.41.